The summed E-state index contributed by atoms with van der Waals surface area (Å²) < 4.78 is 11.0. The van der Waals surface area contributed by atoms with E-state index in [1.807, 2.05) is 158 Å². The van der Waals surface area contributed by atoms with E-state index in [0.717, 1.165) is 98.6 Å². The van der Waals surface area contributed by atoms with Crippen molar-refractivity contribution in [3.8, 4) is 34.1 Å². The number of para-hydroxylation sites is 8. The predicted octanol–water partition coefficient (Wildman–Crippen LogP) is 14.3. The molecule has 0 fully saturated rings. The second kappa shape index (κ2) is 16.2. The first-order chi connectivity index (χ1) is 39.4. The van der Waals surface area contributed by atoms with E-state index in [-0.39, 0.29) is 21.5 Å². The number of benzene rings is 11. The molecule has 0 aliphatic carbocycles. The van der Waals surface area contributed by atoms with E-state index in [1.165, 1.54) is 21.3 Å². The molecule has 0 unspecified atom stereocenters. The van der Waals surface area contributed by atoms with Crippen LogP contribution in [0.5, 0.6) is 0 Å². The van der Waals surface area contributed by atoms with E-state index >= 15 is 19.2 Å². The van der Waals surface area contributed by atoms with Gasteiger partial charge in [0, 0.05) is 54.5 Å². The van der Waals surface area contributed by atoms with Gasteiger partial charge in [-0.15, -0.1) is 0 Å². The zero-order valence-corrected chi connectivity index (χ0v) is 42.4. The average Bonchev–Trinajstić information content (AvgIpc) is 4.36. The molecule has 6 heterocycles. The van der Waals surface area contributed by atoms with Crippen LogP contribution in [0.3, 0.4) is 0 Å². The first-order valence-electron chi connectivity index (χ1n) is 26.6. The number of hydrogen-bond donors (Lipinski definition) is 0. The van der Waals surface area contributed by atoms with Crippen molar-refractivity contribution in [2.75, 3.05) is 0 Å². The van der Waals surface area contributed by atoms with E-state index < -0.39 is 22.2 Å². The number of aromatic nitrogens is 6. The normalized spacial score (nSPS) is 12.2. The lowest BCUT2D eigenvalue weighted by Crippen LogP contribution is -2.26. The van der Waals surface area contributed by atoms with Crippen LogP contribution in [-0.2, 0) is 0 Å². The molecular formula is C70H40N6O4. The molecule has 80 heavy (non-hydrogen) atoms. The maximum absolute atomic E-state index is 15.5. The van der Waals surface area contributed by atoms with E-state index in [1.54, 1.807) is 0 Å². The van der Waals surface area contributed by atoms with Crippen LogP contribution < -0.4 is 22.2 Å². The minimum atomic E-state index is -0.604. The molecule has 0 amide bonds. The number of fused-ring (bicyclic) bond motifs is 14. The molecule has 10 heteroatoms. The molecule has 0 spiro atoms. The van der Waals surface area contributed by atoms with Crippen LogP contribution in [0, 0.1) is 0 Å². The third-order valence-corrected chi connectivity index (χ3v) is 16.6. The van der Waals surface area contributed by atoms with Crippen molar-refractivity contribution in [3.63, 3.8) is 0 Å². The van der Waals surface area contributed by atoms with Crippen LogP contribution in [0.2, 0.25) is 0 Å². The summed E-state index contributed by atoms with van der Waals surface area (Å²) in [5.74, 6) is 0. The van der Waals surface area contributed by atoms with Gasteiger partial charge < -0.3 is 18.3 Å². The Hall–Kier alpha value is -11.1. The van der Waals surface area contributed by atoms with Gasteiger partial charge in [-0.25, -0.2) is 9.13 Å². The summed E-state index contributed by atoms with van der Waals surface area (Å²) in [5, 5.41) is 8.47. The van der Waals surface area contributed by atoms with Gasteiger partial charge in [0.1, 0.15) is 0 Å². The number of nitrogens with zero attached hydrogens (tertiary/aromatic N) is 6. The SMILES string of the molecule is O=c1c2cc3c(=O)n(-c4cc(-n5c6ccccc6c6ccccc65)ccc4-n4c5ccccc5c5ccccc54)c(=O)c3cc2c(=O)n1-c1cc(-n2c3ccccc3c3ccccc32)ccc1-n1c2ccccc2c2ccccc21. The standard InChI is InChI=1S/C70H40N6O4/c77-67-51-39-53-54(70(80)76(69(53)79)66-38-42(72-57-27-11-3-19-45(57)46-20-4-12-28-58(46)72)34-36-64(66)74-61-31-15-7-23-49(61)50-24-8-16-32-62(50)74)40-52(51)68(78)75(67)65-37-41(71-55-25-9-1-17-43(55)44-18-2-10-26-56(44)71)33-35-63(65)73-59-29-13-5-21-47(59)48-22-6-14-30-60(48)73/h1-40H. The Morgan fingerprint density at radius 2 is 0.388 bits per heavy atom. The highest BCUT2D eigenvalue weighted by Gasteiger charge is 2.27. The summed E-state index contributed by atoms with van der Waals surface area (Å²) >= 11 is 0. The molecule has 0 saturated carbocycles. The topological polar surface area (TPSA) is 97.9 Å². The van der Waals surface area contributed by atoms with Crippen LogP contribution in [0.15, 0.2) is 262 Å². The van der Waals surface area contributed by atoms with Gasteiger partial charge in [-0.2, -0.15) is 0 Å². The summed E-state index contributed by atoms with van der Waals surface area (Å²) in [5.41, 5.74) is 8.41. The Labute approximate surface area is 452 Å². The van der Waals surface area contributed by atoms with Gasteiger partial charge in [-0.05, 0) is 97.1 Å². The largest absolute Gasteiger partial charge is 0.309 e. The van der Waals surface area contributed by atoms with E-state index in [4.69, 9.17) is 0 Å². The molecule has 17 rings (SSSR count). The maximum atomic E-state index is 15.5. The van der Waals surface area contributed by atoms with E-state index in [2.05, 4.69) is 91.1 Å². The van der Waals surface area contributed by atoms with Crippen molar-refractivity contribution < 1.29 is 0 Å². The molecule has 0 atom stereocenters. The third kappa shape index (κ3) is 5.85. The minimum Gasteiger partial charge on any atom is -0.309 e. The molecule has 6 aromatic heterocycles. The lowest BCUT2D eigenvalue weighted by molar-refractivity contribution is 0.961. The van der Waals surface area contributed by atoms with Gasteiger partial charge in [0.05, 0.1) is 88.4 Å². The predicted molar refractivity (Wildman–Crippen MR) is 325 cm³/mol. The van der Waals surface area contributed by atoms with Crippen molar-refractivity contribution >= 4 is 109 Å². The molecule has 17 aromatic rings. The molecule has 11 aromatic carbocycles. The first kappa shape index (κ1) is 44.1. The minimum absolute atomic E-state index is 0.0360. The second-order valence-electron chi connectivity index (χ2n) is 20.7. The fourth-order valence-electron chi connectivity index (χ4n) is 13.2. The van der Waals surface area contributed by atoms with Gasteiger partial charge in [-0.1, -0.05) is 146 Å². The summed E-state index contributed by atoms with van der Waals surface area (Å²) in [7, 11) is 0. The summed E-state index contributed by atoms with van der Waals surface area (Å²) in [6, 6.07) is 80.0. The van der Waals surface area contributed by atoms with E-state index in [0.29, 0.717) is 22.7 Å². The molecule has 0 aliphatic rings. The summed E-state index contributed by atoms with van der Waals surface area (Å²) in [4.78, 5) is 62.2. The van der Waals surface area contributed by atoms with Gasteiger partial charge >= 0.3 is 0 Å². The Kier molecular flexibility index (Phi) is 8.93. The zero-order chi connectivity index (χ0) is 53.1. The van der Waals surface area contributed by atoms with Crippen LogP contribution in [0.25, 0.3) is 143 Å². The Morgan fingerprint density at radius 1 is 0.175 bits per heavy atom. The quantitative estimate of drug-likeness (QED) is 0.166. The van der Waals surface area contributed by atoms with Gasteiger partial charge in [0.25, 0.3) is 22.2 Å². The smallest absolute Gasteiger partial charge is 0.266 e. The highest BCUT2D eigenvalue weighted by Crippen LogP contribution is 2.40. The molecule has 0 N–H and O–H groups in total. The molecule has 0 bridgehead atoms. The first-order valence-corrected chi connectivity index (χ1v) is 26.6. The Balaban J connectivity index is 0.930. The molecule has 374 valence electrons. The monoisotopic (exact) mass is 1030 g/mol. The Morgan fingerprint density at radius 3 is 0.625 bits per heavy atom. The number of hydrogen-bond acceptors (Lipinski definition) is 4. The highest BCUT2D eigenvalue weighted by atomic mass is 16.2. The van der Waals surface area contributed by atoms with Crippen LogP contribution in [0.4, 0.5) is 0 Å². The van der Waals surface area contributed by atoms with Crippen molar-refractivity contribution in [1.82, 2.24) is 27.4 Å². The van der Waals surface area contributed by atoms with Crippen molar-refractivity contribution in [2.45, 2.75) is 0 Å². The Bertz CT molecular complexity index is 5150. The fourth-order valence-corrected chi connectivity index (χ4v) is 13.2. The lowest BCUT2D eigenvalue weighted by Gasteiger charge is -2.17. The van der Waals surface area contributed by atoms with Crippen LogP contribution in [0.1, 0.15) is 0 Å². The van der Waals surface area contributed by atoms with Crippen LogP contribution >= 0.6 is 0 Å². The van der Waals surface area contributed by atoms with Crippen LogP contribution in [-0.4, -0.2) is 27.4 Å². The fraction of sp³-hybridized carbons (Fsp3) is 0. The van der Waals surface area contributed by atoms with Gasteiger partial charge in [-0.3, -0.25) is 19.2 Å². The molecule has 0 radical (unpaired) electrons. The molecule has 0 saturated heterocycles. The van der Waals surface area contributed by atoms with Crippen molar-refractivity contribution in [2.24, 2.45) is 0 Å². The second-order valence-corrected chi connectivity index (χ2v) is 20.7. The molecular weight excluding hydrogens is 989 g/mol. The zero-order valence-electron chi connectivity index (χ0n) is 42.4. The van der Waals surface area contributed by atoms with Gasteiger partial charge in [0.15, 0.2) is 0 Å². The van der Waals surface area contributed by atoms with Crippen molar-refractivity contribution in [1.29, 1.82) is 0 Å². The highest BCUT2D eigenvalue weighted by molar-refractivity contribution is 6.13. The molecule has 10 nitrogen and oxygen atoms in total. The lowest BCUT2D eigenvalue weighted by atomic mass is 10.1. The third-order valence-electron chi connectivity index (χ3n) is 16.6. The summed E-state index contributed by atoms with van der Waals surface area (Å²) in [6.45, 7) is 0. The van der Waals surface area contributed by atoms with Crippen molar-refractivity contribution in [3.05, 3.63) is 284 Å². The summed E-state index contributed by atoms with van der Waals surface area (Å²) in [6.07, 6.45) is 0. The van der Waals surface area contributed by atoms with Gasteiger partial charge in [0.2, 0.25) is 0 Å². The molecule has 0 aliphatic heterocycles. The van der Waals surface area contributed by atoms with E-state index in [9.17, 15) is 0 Å². The number of rotatable bonds is 6. The maximum Gasteiger partial charge on any atom is 0.266 e. The average molecular weight is 1030 g/mol.